The highest BCUT2D eigenvalue weighted by atomic mass is 16.6. The molecule has 2 bridgehead atoms. The van der Waals surface area contributed by atoms with Crippen molar-refractivity contribution in [1.29, 1.82) is 0 Å². The van der Waals surface area contributed by atoms with E-state index in [4.69, 9.17) is 42.6 Å². The van der Waals surface area contributed by atoms with Crippen molar-refractivity contribution in [3.63, 3.8) is 0 Å². The van der Waals surface area contributed by atoms with E-state index >= 15 is 0 Å². The van der Waals surface area contributed by atoms with Gasteiger partial charge in [-0.2, -0.15) is 0 Å². The van der Waals surface area contributed by atoms with Crippen LogP contribution in [-0.2, 0) is 47.4 Å². The summed E-state index contributed by atoms with van der Waals surface area (Å²) in [5.74, 6) is -1.44. The van der Waals surface area contributed by atoms with Crippen molar-refractivity contribution in [2.75, 3.05) is 42.2 Å². The molecule has 0 aromatic heterocycles. The molecule has 2 N–H and O–H groups in total. The van der Waals surface area contributed by atoms with Gasteiger partial charge in [0.05, 0.1) is 73.8 Å². The third-order valence-corrected chi connectivity index (χ3v) is 12.4. The topological polar surface area (TPSA) is 144 Å². The van der Waals surface area contributed by atoms with Gasteiger partial charge in [-0.15, -0.1) is 0 Å². The van der Waals surface area contributed by atoms with Gasteiger partial charge in [0, 0.05) is 72.7 Å². The minimum absolute atomic E-state index is 0.0589. The Morgan fingerprint density at radius 3 is 2.20 bits per heavy atom. The number of aliphatic hydroxyl groups is 2. The zero-order valence-corrected chi connectivity index (χ0v) is 34.4. The van der Waals surface area contributed by atoms with Crippen molar-refractivity contribution in [1.82, 2.24) is 0 Å². The van der Waals surface area contributed by atoms with Crippen LogP contribution in [0.2, 0.25) is 0 Å². The lowest BCUT2D eigenvalue weighted by atomic mass is 9.78. The number of fused-ring (bicyclic) bond motifs is 2. The number of cyclic esters (lactones) is 1. The maximum atomic E-state index is 13.6. The molecule has 0 saturated carbocycles. The van der Waals surface area contributed by atoms with E-state index in [9.17, 15) is 15.0 Å². The molecule has 2 saturated heterocycles. The van der Waals surface area contributed by atoms with Crippen LogP contribution in [0.1, 0.15) is 86.0 Å². The number of carbonyl (C=O) groups excluding carboxylic acids is 1. The normalized spacial score (nSPS) is 41.9. The number of hydrogen-bond acceptors (Lipinski definition) is 12. The predicted octanol–water partition coefficient (Wildman–Crippen LogP) is 5.12. The maximum Gasteiger partial charge on any atom is 0.331 e. The number of allylic oxidation sites excluding steroid dienone is 2. The standard InChI is InChI=1S/C42H70O12/c1-25-14-17-39(44)54-41(29(5)40(45)26(2)15-16-32-20-33(46-6)19-27(3)52-32)28(4)35(47-7)23-38(50-10)42(24-51-42)37(49-9)22-31-13-11-12-30(53-31)21-36(48-8)34(43)18-25/h11-12,14,17-18,26-38,40-41,43,45H,13,15-16,19-24H2,1-10H3/b17-14+,25-18+/t26-,27?,28-,29-,30?,31-,32-,33?,34?,35+,36?,37-,38?,40?,41-,42-/m0/s1. The van der Waals surface area contributed by atoms with Gasteiger partial charge in [-0.1, -0.05) is 50.6 Å². The average Bonchev–Trinajstić information content (AvgIpc) is 3.97. The van der Waals surface area contributed by atoms with Crippen LogP contribution < -0.4 is 0 Å². The first-order valence-corrected chi connectivity index (χ1v) is 20.0. The van der Waals surface area contributed by atoms with E-state index in [0.717, 1.165) is 32.1 Å². The van der Waals surface area contributed by atoms with Crippen LogP contribution in [-0.4, -0.2) is 137 Å². The molecule has 4 aliphatic rings. The minimum atomic E-state index is -0.939. The Bertz CT molecular complexity index is 1230. The van der Waals surface area contributed by atoms with Crippen molar-refractivity contribution in [3.8, 4) is 0 Å². The molecule has 4 rings (SSSR count). The second-order valence-electron chi connectivity index (χ2n) is 16.2. The van der Waals surface area contributed by atoms with E-state index < -0.39 is 54.1 Å². The van der Waals surface area contributed by atoms with Crippen molar-refractivity contribution in [2.24, 2.45) is 17.8 Å². The number of ether oxygens (including phenoxy) is 9. The van der Waals surface area contributed by atoms with E-state index in [-0.39, 0.29) is 48.5 Å². The summed E-state index contributed by atoms with van der Waals surface area (Å²) in [5.41, 5.74) is -0.0470. The Morgan fingerprint density at radius 2 is 1.57 bits per heavy atom. The van der Waals surface area contributed by atoms with Crippen molar-refractivity contribution >= 4 is 5.97 Å². The zero-order chi connectivity index (χ0) is 39.6. The molecule has 0 aromatic carbocycles. The van der Waals surface area contributed by atoms with Crippen LogP contribution in [0.25, 0.3) is 0 Å². The summed E-state index contributed by atoms with van der Waals surface area (Å²) < 4.78 is 54.9. The molecule has 4 heterocycles. The summed E-state index contributed by atoms with van der Waals surface area (Å²) in [4.78, 5) is 13.6. The Labute approximate surface area is 323 Å². The van der Waals surface area contributed by atoms with Crippen LogP contribution in [0.3, 0.4) is 0 Å². The molecule has 7 unspecified atom stereocenters. The molecule has 0 amide bonds. The Balaban J connectivity index is 1.61. The SMILES string of the molecule is COC1CC(C)O[C@@H](CC[C@H](C)C(O)[C@H](C)[C@H]2OC(=O)/C=C/C(C)=C/C(O)C(OC)CC3C=CC[C@@H](C[C@H](OC)[C@@]4(CO4)C(OC)C[C@@H](OC)[C@@H]2C)O3)C1. The summed E-state index contributed by atoms with van der Waals surface area (Å²) in [6, 6.07) is 0. The van der Waals surface area contributed by atoms with Gasteiger partial charge in [-0.05, 0) is 51.9 Å². The third-order valence-electron chi connectivity index (χ3n) is 12.4. The van der Waals surface area contributed by atoms with E-state index in [1.807, 2.05) is 33.8 Å². The summed E-state index contributed by atoms with van der Waals surface area (Å²) in [7, 11) is 8.31. The lowest BCUT2D eigenvalue weighted by Crippen LogP contribution is -2.50. The summed E-state index contributed by atoms with van der Waals surface area (Å²) in [6.07, 6.45) is 10.0. The fourth-order valence-corrected chi connectivity index (χ4v) is 8.87. The first-order valence-electron chi connectivity index (χ1n) is 20.0. The van der Waals surface area contributed by atoms with Gasteiger partial charge in [-0.3, -0.25) is 0 Å². The number of aliphatic hydroxyl groups excluding tert-OH is 2. The van der Waals surface area contributed by atoms with Gasteiger partial charge in [0.15, 0.2) is 0 Å². The van der Waals surface area contributed by atoms with Gasteiger partial charge >= 0.3 is 5.97 Å². The lowest BCUT2D eigenvalue weighted by molar-refractivity contribution is -0.159. The fourth-order valence-electron chi connectivity index (χ4n) is 8.87. The van der Waals surface area contributed by atoms with Gasteiger partial charge in [0.2, 0.25) is 0 Å². The highest BCUT2D eigenvalue weighted by Crippen LogP contribution is 2.43. The van der Waals surface area contributed by atoms with E-state index in [0.29, 0.717) is 31.4 Å². The molecule has 1 spiro atoms. The smallest absolute Gasteiger partial charge is 0.331 e. The Morgan fingerprint density at radius 1 is 0.889 bits per heavy atom. The largest absolute Gasteiger partial charge is 0.458 e. The number of hydrogen-bond donors (Lipinski definition) is 2. The van der Waals surface area contributed by atoms with Crippen LogP contribution in [0.4, 0.5) is 0 Å². The number of epoxide rings is 1. The zero-order valence-electron chi connectivity index (χ0n) is 34.4. The van der Waals surface area contributed by atoms with E-state index in [1.54, 1.807) is 47.7 Å². The second-order valence-corrected chi connectivity index (χ2v) is 16.2. The number of carbonyl (C=O) groups is 1. The first kappa shape index (κ1) is 45.0. The number of esters is 1. The van der Waals surface area contributed by atoms with Gasteiger partial charge in [-0.25, -0.2) is 4.79 Å². The number of rotatable bonds is 11. The van der Waals surface area contributed by atoms with Crippen molar-refractivity contribution < 1.29 is 57.6 Å². The quantitative estimate of drug-likeness (QED) is 0.164. The molecule has 54 heavy (non-hydrogen) atoms. The highest BCUT2D eigenvalue weighted by Gasteiger charge is 2.59. The number of methoxy groups -OCH3 is 5. The molecule has 310 valence electrons. The fraction of sp³-hybridized carbons (Fsp3) is 0.833. The predicted molar refractivity (Wildman–Crippen MR) is 204 cm³/mol. The summed E-state index contributed by atoms with van der Waals surface area (Å²) in [6.45, 7) is 10.3. The van der Waals surface area contributed by atoms with Gasteiger partial charge in [0.25, 0.3) is 0 Å². The second kappa shape index (κ2) is 21.2. The molecular formula is C42H70O12. The third kappa shape index (κ3) is 11.9. The monoisotopic (exact) mass is 766 g/mol. The molecule has 16 atom stereocenters. The Hall–Kier alpha value is -1.71. The van der Waals surface area contributed by atoms with Crippen LogP contribution in [0.15, 0.2) is 36.0 Å². The van der Waals surface area contributed by atoms with Gasteiger partial charge in [0.1, 0.15) is 11.7 Å². The Kier molecular flexibility index (Phi) is 17.6. The van der Waals surface area contributed by atoms with Crippen LogP contribution >= 0.6 is 0 Å². The van der Waals surface area contributed by atoms with E-state index in [2.05, 4.69) is 13.0 Å². The molecule has 0 aliphatic carbocycles. The average molecular weight is 767 g/mol. The molecule has 0 aromatic rings. The lowest BCUT2D eigenvalue weighted by Gasteiger charge is -2.39. The van der Waals surface area contributed by atoms with E-state index in [1.165, 1.54) is 6.08 Å². The minimum Gasteiger partial charge on any atom is -0.458 e. The first-order chi connectivity index (χ1) is 25.8. The molecule has 0 radical (unpaired) electrons. The molecule has 12 heteroatoms. The van der Waals surface area contributed by atoms with Gasteiger partial charge < -0.3 is 52.8 Å². The van der Waals surface area contributed by atoms with Crippen molar-refractivity contribution in [3.05, 3.63) is 36.0 Å². The molecule has 4 aliphatic heterocycles. The van der Waals surface area contributed by atoms with Crippen LogP contribution in [0.5, 0.6) is 0 Å². The molecule has 2 fully saturated rings. The molecular weight excluding hydrogens is 696 g/mol. The summed E-state index contributed by atoms with van der Waals surface area (Å²) >= 11 is 0. The van der Waals surface area contributed by atoms with Crippen molar-refractivity contribution in [2.45, 2.75) is 165 Å². The maximum absolute atomic E-state index is 13.6. The van der Waals surface area contributed by atoms with Crippen LogP contribution in [0, 0.1) is 17.8 Å². The highest BCUT2D eigenvalue weighted by molar-refractivity contribution is 5.82. The molecule has 12 nitrogen and oxygen atoms in total. The summed E-state index contributed by atoms with van der Waals surface area (Å²) in [5, 5.41) is 23.0.